The van der Waals surface area contributed by atoms with Crippen molar-refractivity contribution in [3.05, 3.63) is 66.6 Å². The van der Waals surface area contributed by atoms with Crippen molar-refractivity contribution in [1.82, 2.24) is 34.9 Å². The summed E-state index contributed by atoms with van der Waals surface area (Å²) in [5, 5.41) is 8.63. The summed E-state index contributed by atoms with van der Waals surface area (Å²) in [6.07, 6.45) is 3.46. The number of carbonyl (C=O) groups excluding carboxylic acids is 1. The first kappa shape index (κ1) is 27.0. The van der Waals surface area contributed by atoms with Crippen LogP contribution >= 0.6 is 0 Å². The van der Waals surface area contributed by atoms with E-state index in [4.69, 9.17) is 4.74 Å². The Labute approximate surface area is 240 Å². The first-order chi connectivity index (χ1) is 20.1. The number of likely N-dealkylation sites (N-methyl/N-ethyl adjacent to an activating group) is 1. The standard InChI is InChI=1S/C30H37N9O2/c1-35-12-14-36(15-13-35)11-10-31-30(40)23-8-9-27(41-2)26(20-23)37-16-18-38(19-17-37)28-25-21-34-39(29(25)33-22-32-28)24-6-4-3-5-7-24/h3-9,20-22H,10-19H2,1-2H3,(H,31,40). The van der Waals surface area contributed by atoms with Gasteiger partial charge in [-0.15, -0.1) is 0 Å². The minimum Gasteiger partial charge on any atom is -0.495 e. The van der Waals surface area contributed by atoms with Gasteiger partial charge in [0.05, 0.1) is 30.1 Å². The molecule has 0 radical (unpaired) electrons. The van der Waals surface area contributed by atoms with Crippen molar-refractivity contribution in [3.63, 3.8) is 0 Å². The first-order valence-electron chi connectivity index (χ1n) is 14.2. The fraction of sp³-hybridized carbons (Fsp3) is 0.400. The smallest absolute Gasteiger partial charge is 0.251 e. The minimum atomic E-state index is -0.0551. The third-order valence-corrected chi connectivity index (χ3v) is 8.02. The van der Waals surface area contributed by atoms with E-state index in [1.54, 1.807) is 13.4 Å². The van der Waals surface area contributed by atoms with Gasteiger partial charge in [-0.2, -0.15) is 5.10 Å². The Morgan fingerprint density at radius 2 is 1.68 bits per heavy atom. The highest BCUT2D eigenvalue weighted by Gasteiger charge is 2.24. The number of nitrogens with zero attached hydrogens (tertiary/aromatic N) is 8. The molecule has 11 heteroatoms. The zero-order valence-corrected chi connectivity index (χ0v) is 23.7. The summed E-state index contributed by atoms with van der Waals surface area (Å²) in [7, 11) is 3.82. The summed E-state index contributed by atoms with van der Waals surface area (Å²) < 4.78 is 7.54. The fourth-order valence-electron chi connectivity index (χ4n) is 5.58. The van der Waals surface area contributed by atoms with Crippen LogP contribution in [0.25, 0.3) is 16.7 Å². The van der Waals surface area contributed by atoms with Crippen LogP contribution in [-0.2, 0) is 0 Å². The molecule has 11 nitrogen and oxygen atoms in total. The lowest BCUT2D eigenvalue weighted by atomic mass is 10.1. The van der Waals surface area contributed by atoms with Crippen LogP contribution in [0.4, 0.5) is 11.5 Å². The molecular formula is C30H37N9O2. The molecule has 41 heavy (non-hydrogen) atoms. The molecule has 4 aromatic rings. The molecule has 2 aliphatic heterocycles. The fourth-order valence-corrected chi connectivity index (χ4v) is 5.58. The molecule has 2 aliphatic rings. The average molecular weight is 556 g/mol. The summed E-state index contributed by atoms with van der Waals surface area (Å²) in [5.74, 6) is 1.60. The van der Waals surface area contributed by atoms with Crippen LogP contribution in [0.1, 0.15) is 10.4 Å². The van der Waals surface area contributed by atoms with Gasteiger partial charge in [-0.05, 0) is 37.4 Å². The van der Waals surface area contributed by atoms with Crippen molar-refractivity contribution in [2.24, 2.45) is 0 Å². The molecule has 2 fully saturated rings. The SMILES string of the molecule is COc1ccc(C(=O)NCCN2CCN(C)CC2)cc1N1CCN(c2ncnc3c2cnn3-c2ccccc2)CC1. The number of nitrogens with one attached hydrogen (secondary N) is 1. The number of amides is 1. The summed E-state index contributed by atoms with van der Waals surface area (Å²) in [6.45, 7) is 8.81. The van der Waals surface area contributed by atoms with Crippen molar-refractivity contribution >= 4 is 28.4 Å². The summed E-state index contributed by atoms with van der Waals surface area (Å²) in [4.78, 5) is 31.5. The number of rotatable bonds is 8. The van der Waals surface area contributed by atoms with Gasteiger partial charge < -0.3 is 24.8 Å². The Kier molecular flexibility index (Phi) is 7.97. The van der Waals surface area contributed by atoms with Crippen LogP contribution in [0.5, 0.6) is 5.75 Å². The number of methoxy groups -OCH3 is 1. The quantitative estimate of drug-likeness (QED) is 0.351. The number of piperazine rings is 2. The number of benzene rings is 2. The highest BCUT2D eigenvalue weighted by molar-refractivity contribution is 5.95. The summed E-state index contributed by atoms with van der Waals surface area (Å²) in [5.41, 5.74) is 3.33. The zero-order valence-electron chi connectivity index (χ0n) is 23.7. The molecule has 214 valence electrons. The third kappa shape index (κ3) is 5.82. The molecular weight excluding hydrogens is 518 g/mol. The number of hydrogen-bond acceptors (Lipinski definition) is 9. The van der Waals surface area contributed by atoms with E-state index in [-0.39, 0.29) is 5.91 Å². The molecule has 0 bridgehead atoms. The molecule has 0 atom stereocenters. The van der Waals surface area contributed by atoms with Gasteiger partial charge in [-0.3, -0.25) is 9.69 Å². The monoisotopic (exact) mass is 555 g/mol. The Balaban J connectivity index is 1.11. The van der Waals surface area contributed by atoms with Gasteiger partial charge in [0.1, 0.15) is 17.9 Å². The largest absolute Gasteiger partial charge is 0.495 e. The highest BCUT2D eigenvalue weighted by atomic mass is 16.5. The molecule has 2 aromatic heterocycles. The van der Waals surface area contributed by atoms with E-state index in [0.717, 1.165) is 92.9 Å². The van der Waals surface area contributed by atoms with Crippen LogP contribution in [-0.4, -0.2) is 115 Å². The molecule has 4 heterocycles. The molecule has 0 saturated carbocycles. The normalized spacial score (nSPS) is 16.7. The van der Waals surface area contributed by atoms with Gasteiger partial charge in [-0.1, -0.05) is 18.2 Å². The van der Waals surface area contributed by atoms with Crippen molar-refractivity contribution in [2.45, 2.75) is 0 Å². The van der Waals surface area contributed by atoms with E-state index in [9.17, 15) is 4.79 Å². The first-order valence-corrected chi connectivity index (χ1v) is 14.2. The molecule has 0 unspecified atom stereocenters. The van der Waals surface area contributed by atoms with Crippen LogP contribution in [0.3, 0.4) is 0 Å². The molecule has 0 spiro atoms. The summed E-state index contributed by atoms with van der Waals surface area (Å²) >= 11 is 0. The van der Waals surface area contributed by atoms with E-state index in [1.165, 1.54) is 0 Å². The third-order valence-electron chi connectivity index (χ3n) is 8.02. The molecule has 6 rings (SSSR count). The number of ether oxygens (including phenoxy) is 1. The van der Waals surface area contributed by atoms with E-state index in [2.05, 4.69) is 47.0 Å². The number of para-hydroxylation sites is 1. The van der Waals surface area contributed by atoms with Crippen LogP contribution < -0.4 is 19.9 Å². The van der Waals surface area contributed by atoms with Crippen molar-refractivity contribution in [3.8, 4) is 11.4 Å². The van der Waals surface area contributed by atoms with Crippen LogP contribution in [0.2, 0.25) is 0 Å². The van der Waals surface area contributed by atoms with Gasteiger partial charge in [0.25, 0.3) is 5.91 Å². The molecule has 1 N–H and O–H groups in total. The lowest BCUT2D eigenvalue weighted by Gasteiger charge is -2.37. The van der Waals surface area contributed by atoms with E-state index in [0.29, 0.717) is 12.1 Å². The van der Waals surface area contributed by atoms with E-state index in [1.807, 2.05) is 59.4 Å². The number of aromatic nitrogens is 4. The van der Waals surface area contributed by atoms with Crippen molar-refractivity contribution in [1.29, 1.82) is 0 Å². The van der Waals surface area contributed by atoms with E-state index >= 15 is 0 Å². The second-order valence-electron chi connectivity index (χ2n) is 10.6. The zero-order chi connectivity index (χ0) is 28.2. The Bertz CT molecular complexity index is 1480. The Morgan fingerprint density at radius 3 is 2.44 bits per heavy atom. The molecule has 0 aliphatic carbocycles. The lowest BCUT2D eigenvalue weighted by molar-refractivity contribution is 0.0941. The van der Waals surface area contributed by atoms with Crippen molar-refractivity contribution < 1.29 is 9.53 Å². The summed E-state index contributed by atoms with van der Waals surface area (Å²) in [6, 6.07) is 15.7. The predicted molar refractivity (Wildman–Crippen MR) is 160 cm³/mol. The Morgan fingerprint density at radius 1 is 0.927 bits per heavy atom. The highest BCUT2D eigenvalue weighted by Crippen LogP contribution is 2.32. The maximum Gasteiger partial charge on any atom is 0.251 e. The number of carbonyl (C=O) groups is 1. The second-order valence-corrected chi connectivity index (χ2v) is 10.6. The lowest BCUT2D eigenvalue weighted by Crippen LogP contribution is -2.47. The minimum absolute atomic E-state index is 0.0551. The number of anilines is 2. The van der Waals surface area contributed by atoms with Gasteiger partial charge >= 0.3 is 0 Å². The topological polar surface area (TPSA) is 94.9 Å². The Hall–Kier alpha value is -4.22. The van der Waals surface area contributed by atoms with E-state index < -0.39 is 0 Å². The van der Waals surface area contributed by atoms with Crippen LogP contribution in [0.15, 0.2) is 61.1 Å². The average Bonchev–Trinajstić information content (AvgIpc) is 3.47. The van der Waals surface area contributed by atoms with Gasteiger partial charge in [0.2, 0.25) is 0 Å². The molecule has 2 aromatic carbocycles. The van der Waals surface area contributed by atoms with Gasteiger partial charge in [0.15, 0.2) is 5.65 Å². The maximum absolute atomic E-state index is 13.0. The van der Waals surface area contributed by atoms with Gasteiger partial charge in [0, 0.05) is 71.0 Å². The van der Waals surface area contributed by atoms with Gasteiger partial charge in [-0.25, -0.2) is 14.6 Å². The second kappa shape index (κ2) is 12.1. The van der Waals surface area contributed by atoms with Crippen LogP contribution in [0, 0.1) is 0 Å². The molecule has 1 amide bonds. The number of fused-ring (bicyclic) bond motifs is 1. The maximum atomic E-state index is 13.0. The predicted octanol–water partition coefficient (Wildman–Crippen LogP) is 2.13. The number of hydrogen-bond donors (Lipinski definition) is 1. The van der Waals surface area contributed by atoms with Crippen molar-refractivity contribution in [2.75, 3.05) is 89.4 Å². The molecule has 2 saturated heterocycles.